The van der Waals surface area contributed by atoms with Crippen LogP contribution in [0, 0.1) is 11.3 Å². The average molecular weight is 438 g/mol. The smallest absolute Gasteiger partial charge is 0.344 e. The topological polar surface area (TPSA) is 88.4 Å². The molecular weight excluding hydrogens is 424 g/mol. The molecule has 26 heavy (non-hydrogen) atoms. The molecular formula is C18H14BrClN2O4. The lowest BCUT2D eigenvalue weighted by molar-refractivity contribution is -0.155. The first-order valence-corrected chi connectivity index (χ1v) is 8.64. The fraction of sp³-hybridized carbons (Fsp3) is 0.167. The zero-order valence-electron chi connectivity index (χ0n) is 13.7. The lowest BCUT2D eigenvalue weighted by Gasteiger charge is -2.14. The highest BCUT2D eigenvalue weighted by Gasteiger charge is 2.18. The van der Waals surface area contributed by atoms with Crippen LogP contribution in [0.4, 0.5) is 5.69 Å². The quantitative estimate of drug-likeness (QED) is 0.692. The molecule has 2 aromatic carbocycles. The molecule has 0 fully saturated rings. The van der Waals surface area contributed by atoms with Crippen molar-refractivity contribution in [3.8, 4) is 11.8 Å². The van der Waals surface area contributed by atoms with Gasteiger partial charge in [0.25, 0.3) is 5.91 Å². The van der Waals surface area contributed by atoms with Gasteiger partial charge in [-0.05, 0) is 65.3 Å². The Hall–Kier alpha value is -2.56. The number of rotatable bonds is 6. The van der Waals surface area contributed by atoms with Gasteiger partial charge in [0, 0.05) is 10.7 Å². The average Bonchev–Trinajstić information content (AvgIpc) is 2.61. The van der Waals surface area contributed by atoms with Crippen LogP contribution in [-0.2, 0) is 14.3 Å². The molecule has 0 aliphatic heterocycles. The summed E-state index contributed by atoms with van der Waals surface area (Å²) in [5.74, 6) is -0.744. The number of hydrogen-bond donors (Lipinski definition) is 1. The predicted molar refractivity (Wildman–Crippen MR) is 100.0 cm³/mol. The van der Waals surface area contributed by atoms with Gasteiger partial charge >= 0.3 is 5.97 Å². The molecule has 0 heterocycles. The van der Waals surface area contributed by atoms with Gasteiger partial charge in [-0.15, -0.1) is 0 Å². The van der Waals surface area contributed by atoms with E-state index in [0.717, 1.165) is 0 Å². The zero-order valence-corrected chi connectivity index (χ0v) is 16.0. The minimum absolute atomic E-state index is 0.352. The van der Waals surface area contributed by atoms with Gasteiger partial charge in [0.15, 0.2) is 12.7 Å². The van der Waals surface area contributed by atoms with E-state index in [1.807, 2.05) is 6.07 Å². The molecule has 0 aliphatic rings. The number of carbonyl (C=O) groups is 2. The minimum atomic E-state index is -1.00. The molecule has 1 N–H and O–H groups in total. The van der Waals surface area contributed by atoms with Gasteiger partial charge in [-0.25, -0.2) is 4.79 Å². The Balaban J connectivity index is 1.83. The minimum Gasteiger partial charge on any atom is -0.481 e. The lowest BCUT2D eigenvalue weighted by atomic mass is 10.2. The van der Waals surface area contributed by atoms with Crippen LogP contribution in [0.5, 0.6) is 5.75 Å². The molecule has 134 valence electrons. The van der Waals surface area contributed by atoms with E-state index in [4.69, 9.17) is 26.3 Å². The maximum absolute atomic E-state index is 12.1. The van der Waals surface area contributed by atoms with Crippen LogP contribution in [0.25, 0.3) is 0 Å². The molecule has 6 nitrogen and oxygen atoms in total. The van der Waals surface area contributed by atoms with Crippen LogP contribution in [0.3, 0.4) is 0 Å². The van der Waals surface area contributed by atoms with Crippen LogP contribution in [0.2, 0.25) is 5.02 Å². The number of nitrogens with one attached hydrogen (secondary N) is 1. The van der Waals surface area contributed by atoms with Crippen molar-refractivity contribution in [2.24, 2.45) is 0 Å². The Morgan fingerprint density at radius 1 is 1.27 bits per heavy atom. The summed E-state index contributed by atoms with van der Waals surface area (Å²) in [5, 5.41) is 11.9. The third-order valence-corrected chi connectivity index (χ3v) is 4.05. The number of hydrogen-bond acceptors (Lipinski definition) is 5. The molecule has 0 saturated carbocycles. The summed E-state index contributed by atoms with van der Waals surface area (Å²) in [6, 6.07) is 13.2. The highest BCUT2D eigenvalue weighted by Crippen LogP contribution is 2.27. The van der Waals surface area contributed by atoms with E-state index in [0.29, 0.717) is 26.5 Å². The Morgan fingerprint density at radius 3 is 2.58 bits per heavy atom. The second kappa shape index (κ2) is 9.22. The predicted octanol–water partition coefficient (Wildman–Crippen LogP) is 3.92. The summed E-state index contributed by atoms with van der Waals surface area (Å²) in [6.45, 7) is 1.10. The van der Waals surface area contributed by atoms with Crippen molar-refractivity contribution < 1.29 is 19.1 Å². The van der Waals surface area contributed by atoms with Gasteiger partial charge in [-0.1, -0.05) is 11.6 Å². The van der Waals surface area contributed by atoms with Crippen molar-refractivity contribution in [1.82, 2.24) is 0 Å². The van der Waals surface area contributed by atoms with Crippen molar-refractivity contribution in [1.29, 1.82) is 5.26 Å². The number of ether oxygens (including phenoxy) is 2. The first kappa shape index (κ1) is 19.8. The molecule has 2 aromatic rings. The van der Waals surface area contributed by atoms with Crippen LogP contribution in [-0.4, -0.2) is 24.6 Å². The Morgan fingerprint density at radius 2 is 1.96 bits per heavy atom. The SMILES string of the molecule is C[C@H](OC(=O)COc1ccc(Cl)cc1Br)C(=O)Nc1ccc(C#N)cc1. The Bertz CT molecular complexity index is 849. The third-order valence-electron chi connectivity index (χ3n) is 3.20. The second-order valence-corrected chi connectivity index (χ2v) is 6.46. The van der Waals surface area contributed by atoms with Crippen molar-refractivity contribution in [2.45, 2.75) is 13.0 Å². The first-order valence-electron chi connectivity index (χ1n) is 7.47. The molecule has 0 bridgehead atoms. The summed E-state index contributed by atoms with van der Waals surface area (Å²) in [6.07, 6.45) is -1.00. The number of halogens is 2. The molecule has 0 spiro atoms. The number of nitrogens with zero attached hydrogens (tertiary/aromatic N) is 1. The van der Waals surface area contributed by atoms with E-state index in [1.165, 1.54) is 6.92 Å². The number of amides is 1. The molecule has 0 aliphatic carbocycles. The van der Waals surface area contributed by atoms with Crippen LogP contribution in [0.1, 0.15) is 12.5 Å². The molecule has 0 radical (unpaired) electrons. The molecule has 0 aromatic heterocycles. The van der Waals surface area contributed by atoms with Gasteiger partial charge in [-0.2, -0.15) is 5.26 Å². The summed E-state index contributed by atoms with van der Waals surface area (Å²) in [4.78, 5) is 23.9. The number of nitriles is 1. The van der Waals surface area contributed by atoms with Crippen LogP contribution in [0.15, 0.2) is 46.9 Å². The van der Waals surface area contributed by atoms with E-state index in [1.54, 1.807) is 42.5 Å². The van der Waals surface area contributed by atoms with Crippen LogP contribution < -0.4 is 10.1 Å². The maximum atomic E-state index is 12.1. The Labute approximate surface area is 163 Å². The van der Waals surface area contributed by atoms with E-state index < -0.39 is 18.0 Å². The van der Waals surface area contributed by atoms with Crippen molar-refractivity contribution in [3.05, 3.63) is 57.5 Å². The molecule has 0 saturated heterocycles. The van der Waals surface area contributed by atoms with E-state index in [9.17, 15) is 9.59 Å². The van der Waals surface area contributed by atoms with E-state index >= 15 is 0 Å². The first-order chi connectivity index (χ1) is 12.4. The number of carbonyl (C=O) groups excluding carboxylic acids is 2. The van der Waals surface area contributed by atoms with Gasteiger partial charge < -0.3 is 14.8 Å². The van der Waals surface area contributed by atoms with Crippen molar-refractivity contribution in [3.63, 3.8) is 0 Å². The fourth-order valence-electron chi connectivity index (χ4n) is 1.89. The van der Waals surface area contributed by atoms with Gasteiger partial charge in [0.1, 0.15) is 5.75 Å². The summed E-state index contributed by atoms with van der Waals surface area (Å²) >= 11 is 9.10. The standard InChI is InChI=1S/C18H14BrClN2O4/c1-11(18(24)22-14-5-2-12(9-21)3-6-14)26-17(23)10-25-16-7-4-13(20)8-15(16)19/h2-8,11H,10H2,1H3,(H,22,24)/t11-/m0/s1. The maximum Gasteiger partial charge on any atom is 0.344 e. The molecule has 1 amide bonds. The van der Waals surface area contributed by atoms with E-state index in [-0.39, 0.29) is 6.61 Å². The molecule has 8 heteroatoms. The molecule has 2 rings (SSSR count). The van der Waals surface area contributed by atoms with Crippen LogP contribution >= 0.6 is 27.5 Å². The van der Waals surface area contributed by atoms with Crippen molar-refractivity contribution >= 4 is 45.1 Å². The number of esters is 1. The lowest BCUT2D eigenvalue weighted by Crippen LogP contribution is -2.31. The zero-order chi connectivity index (χ0) is 19.1. The fourth-order valence-corrected chi connectivity index (χ4v) is 2.68. The normalized spacial score (nSPS) is 11.2. The third kappa shape index (κ3) is 5.76. The van der Waals surface area contributed by atoms with Gasteiger partial charge in [0.05, 0.1) is 16.1 Å². The van der Waals surface area contributed by atoms with Gasteiger partial charge in [-0.3, -0.25) is 4.79 Å². The molecule has 1 atom stereocenters. The second-order valence-electron chi connectivity index (χ2n) is 5.17. The summed E-state index contributed by atoms with van der Waals surface area (Å²) in [5.41, 5.74) is 0.978. The molecule has 0 unspecified atom stereocenters. The number of anilines is 1. The van der Waals surface area contributed by atoms with E-state index in [2.05, 4.69) is 21.2 Å². The monoisotopic (exact) mass is 436 g/mol. The Kier molecular flexibility index (Phi) is 7.01. The highest BCUT2D eigenvalue weighted by molar-refractivity contribution is 9.10. The van der Waals surface area contributed by atoms with Crippen molar-refractivity contribution in [2.75, 3.05) is 11.9 Å². The highest BCUT2D eigenvalue weighted by atomic mass is 79.9. The number of benzene rings is 2. The van der Waals surface area contributed by atoms with Gasteiger partial charge in [0.2, 0.25) is 0 Å². The summed E-state index contributed by atoms with van der Waals surface area (Å²) < 4.78 is 11.0. The summed E-state index contributed by atoms with van der Waals surface area (Å²) in [7, 11) is 0. The largest absolute Gasteiger partial charge is 0.481 e.